The van der Waals surface area contributed by atoms with E-state index in [1.807, 2.05) is 0 Å². The Bertz CT molecular complexity index is 1840. The van der Waals surface area contributed by atoms with Crippen LogP contribution in [-0.2, 0) is 0 Å². The van der Waals surface area contributed by atoms with Gasteiger partial charge in [-0.25, -0.2) is 0 Å². The number of benzene rings is 5. The number of hydrogen-bond acceptors (Lipinski definition) is 0. The molecule has 0 aliphatic heterocycles. The molecule has 0 spiro atoms. The monoisotopic (exact) mass is 638 g/mol. The fourth-order valence-corrected chi connectivity index (χ4v) is 19.6. The quantitative estimate of drug-likeness (QED) is 0.0986. The van der Waals surface area contributed by atoms with Gasteiger partial charge >= 0.3 is 0 Å². The van der Waals surface area contributed by atoms with E-state index in [1.54, 1.807) is 0 Å². The van der Waals surface area contributed by atoms with Gasteiger partial charge < -0.3 is 0 Å². The second kappa shape index (κ2) is 13.1. The maximum absolute atomic E-state index is 4.03. The first kappa shape index (κ1) is 34.0. The highest BCUT2D eigenvalue weighted by molar-refractivity contribution is 6.91. The van der Waals surface area contributed by atoms with Crippen molar-refractivity contribution in [1.82, 2.24) is 0 Å². The zero-order valence-corrected chi connectivity index (χ0v) is 32.4. The van der Waals surface area contributed by atoms with Gasteiger partial charge in [0, 0.05) is 11.1 Å². The Kier molecular flexibility index (Phi) is 9.67. The second-order valence-corrected chi connectivity index (χ2v) is 26.6. The van der Waals surface area contributed by atoms with Crippen LogP contribution in [0.15, 0.2) is 72.8 Å². The van der Waals surface area contributed by atoms with Gasteiger partial charge in [0.2, 0.25) is 0 Å². The average Bonchev–Trinajstić information content (AvgIpc) is 3.00. The van der Waals surface area contributed by atoms with Crippen LogP contribution >= 0.6 is 0 Å². The van der Waals surface area contributed by atoms with Crippen LogP contribution < -0.4 is 0 Å². The van der Waals surface area contributed by atoms with Crippen LogP contribution in [0.5, 0.6) is 0 Å². The maximum Gasteiger partial charge on any atom is 0.146 e. The third kappa shape index (κ3) is 5.53. The molecule has 0 N–H and O–H groups in total. The molecule has 0 bridgehead atoms. The average molecular weight is 639 g/mol. The van der Waals surface area contributed by atoms with Gasteiger partial charge in [-0.1, -0.05) is 156 Å². The molecule has 0 radical (unpaired) electrons. The number of rotatable bonds is 6. The zero-order chi connectivity index (χ0) is 33.6. The minimum Gasteiger partial charge on any atom is -0.125 e. The predicted octanol–water partition coefficient (Wildman–Crippen LogP) is 13.4. The molecule has 2 heteroatoms. The Balaban J connectivity index is 1.89. The summed E-state index contributed by atoms with van der Waals surface area (Å²) in [6, 6.07) is 27.2. The highest BCUT2D eigenvalue weighted by Crippen LogP contribution is 2.43. The summed E-state index contributed by atoms with van der Waals surface area (Å²) in [5.41, 5.74) is 13.9. The summed E-state index contributed by atoms with van der Waals surface area (Å²) in [5, 5.41) is 10.2. The third-order valence-electron chi connectivity index (χ3n) is 11.4. The van der Waals surface area contributed by atoms with Crippen LogP contribution in [0.3, 0.4) is 0 Å². The second-order valence-electron chi connectivity index (χ2n) is 15.5. The van der Waals surface area contributed by atoms with Gasteiger partial charge in [-0.3, -0.25) is 0 Å². The van der Waals surface area contributed by atoms with E-state index < -0.39 is 16.1 Å². The largest absolute Gasteiger partial charge is 0.146 e. The van der Waals surface area contributed by atoms with Gasteiger partial charge in [0.05, 0.1) is 0 Å². The highest BCUT2D eigenvalue weighted by atomic mass is 28.3. The molecule has 0 heterocycles. The lowest BCUT2D eigenvalue weighted by molar-refractivity contribution is 0.838. The lowest BCUT2D eigenvalue weighted by atomic mass is 9.90. The summed E-state index contributed by atoms with van der Waals surface area (Å²) in [5.74, 6) is 7.71. The zero-order valence-electron chi connectivity index (χ0n) is 30.4. The standard InChI is InChI=1S/C44H54Si2/c1-29(2)45(30(3)4,31(5)6)25-23-35-27-43-41(39-19-15-13-17-37(35)39)21-22-42-40-20-16-14-18-38(40)36(28-44(42)43)24-26-46(32(7)8,33(9)10)34(11)12/h13-22,27-34H,1-12H3. The molecule has 0 aromatic heterocycles. The van der Waals surface area contributed by atoms with Crippen LogP contribution in [0.4, 0.5) is 0 Å². The van der Waals surface area contributed by atoms with Crippen molar-refractivity contribution in [3.8, 4) is 22.9 Å². The topological polar surface area (TPSA) is 0 Å². The summed E-state index contributed by atoms with van der Waals surface area (Å²) < 4.78 is 0. The van der Waals surface area contributed by atoms with Gasteiger partial charge in [-0.05, 0) is 88.5 Å². The Morgan fingerprint density at radius 1 is 0.348 bits per heavy atom. The highest BCUT2D eigenvalue weighted by Gasteiger charge is 2.42. The van der Waals surface area contributed by atoms with Crippen LogP contribution in [-0.4, -0.2) is 16.1 Å². The fourth-order valence-electron chi connectivity index (χ4n) is 9.19. The molecule has 5 aromatic rings. The van der Waals surface area contributed by atoms with Crippen molar-refractivity contribution in [2.24, 2.45) is 0 Å². The minimum absolute atomic E-state index is 0.596. The number of hydrogen-bond donors (Lipinski definition) is 0. The molecule has 0 aliphatic carbocycles. The molecule has 0 atom stereocenters. The molecule has 5 aromatic carbocycles. The Morgan fingerprint density at radius 2 is 0.609 bits per heavy atom. The van der Waals surface area contributed by atoms with Crippen molar-refractivity contribution in [2.45, 2.75) is 116 Å². The van der Waals surface area contributed by atoms with E-state index in [2.05, 4.69) is 179 Å². The van der Waals surface area contributed by atoms with Crippen molar-refractivity contribution in [1.29, 1.82) is 0 Å². The van der Waals surface area contributed by atoms with E-state index in [0.29, 0.717) is 33.2 Å². The Hall–Kier alpha value is -3.31. The summed E-state index contributed by atoms with van der Waals surface area (Å²) in [6.07, 6.45) is 0. The van der Waals surface area contributed by atoms with E-state index in [-0.39, 0.29) is 0 Å². The van der Waals surface area contributed by atoms with Gasteiger partial charge in [-0.15, -0.1) is 11.1 Å². The molecular formula is C44H54Si2. The van der Waals surface area contributed by atoms with Crippen LogP contribution in [0.2, 0.25) is 33.2 Å². The number of fused-ring (bicyclic) bond motifs is 7. The molecule has 0 nitrogen and oxygen atoms in total. The first-order valence-electron chi connectivity index (χ1n) is 17.6. The maximum atomic E-state index is 4.03. The van der Waals surface area contributed by atoms with E-state index in [9.17, 15) is 0 Å². The summed E-state index contributed by atoms with van der Waals surface area (Å²) in [4.78, 5) is 0. The summed E-state index contributed by atoms with van der Waals surface area (Å²) >= 11 is 0. The summed E-state index contributed by atoms with van der Waals surface area (Å²) in [6.45, 7) is 28.8. The van der Waals surface area contributed by atoms with Crippen LogP contribution in [0, 0.1) is 22.9 Å². The molecule has 0 amide bonds. The SMILES string of the molecule is CC(C)[Si](C#Cc1cc2c(ccc3c4ccccc4c(C#C[Si](C(C)C)(C(C)C)C(C)C)cc32)c2ccccc12)(C(C)C)C(C)C. The van der Waals surface area contributed by atoms with E-state index in [0.717, 1.165) is 11.1 Å². The third-order valence-corrected chi connectivity index (χ3v) is 24.0. The lowest BCUT2D eigenvalue weighted by Gasteiger charge is -2.38. The van der Waals surface area contributed by atoms with E-state index >= 15 is 0 Å². The fraction of sp³-hybridized carbons (Fsp3) is 0.409. The van der Waals surface area contributed by atoms with Gasteiger partial charge in [0.15, 0.2) is 0 Å². The molecule has 5 rings (SSSR count). The molecule has 0 fully saturated rings. The first-order valence-corrected chi connectivity index (χ1v) is 22.1. The predicted molar refractivity (Wildman–Crippen MR) is 212 cm³/mol. The Labute approximate surface area is 281 Å². The Morgan fingerprint density at radius 3 is 0.891 bits per heavy atom. The first-order chi connectivity index (χ1) is 21.8. The van der Waals surface area contributed by atoms with Crippen molar-refractivity contribution in [3.63, 3.8) is 0 Å². The van der Waals surface area contributed by atoms with Crippen molar-refractivity contribution < 1.29 is 0 Å². The normalized spacial score (nSPS) is 12.7. The van der Waals surface area contributed by atoms with Crippen molar-refractivity contribution in [3.05, 3.63) is 83.9 Å². The van der Waals surface area contributed by atoms with E-state index in [4.69, 9.17) is 0 Å². The van der Waals surface area contributed by atoms with Gasteiger partial charge in [0.1, 0.15) is 16.1 Å². The van der Waals surface area contributed by atoms with Gasteiger partial charge in [-0.2, -0.15) is 0 Å². The molecule has 0 unspecified atom stereocenters. The van der Waals surface area contributed by atoms with Gasteiger partial charge in [0.25, 0.3) is 0 Å². The summed E-state index contributed by atoms with van der Waals surface area (Å²) in [7, 11) is -3.79. The van der Waals surface area contributed by atoms with Crippen LogP contribution in [0.25, 0.3) is 43.1 Å². The van der Waals surface area contributed by atoms with Crippen molar-refractivity contribution in [2.75, 3.05) is 0 Å². The lowest BCUT2D eigenvalue weighted by Crippen LogP contribution is -2.43. The van der Waals surface area contributed by atoms with Crippen molar-refractivity contribution >= 4 is 59.2 Å². The molecule has 238 valence electrons. The molecule has 46 heavy (non-hydrogen) atoms. The molecule has 0 saturated carbocycles. The molecule has 0 aliphatic rings. The minimum atomic E-state index is -1.90. The van der Waals surface area contributed by atoms with Crippen LogP contribution in [0.1, 0.15) is 94.2 Å². The van der Waals surface area contributed by atoms with E-state index in [1.165, 1.54) is 43.1 Å². The molecular weight excluding hydrogens is 585 g/mol. The smallest absolute Gasteiger partial charge is 0.125 e. The molecule has 0 saturated heterocycles.